The van der Waals surface area contributed by atoms with Crippen LogP contribution in [0.3, 0.4) is 0 Å². The number of thiazole rings is 1. The van der Waals surface area contributed by atoms with Crippen LogP contribution in [0.2, 0.25) is 0 Å². The van der Waals surface area contributed by atoms with Crippen LogP contribution < -0.4 is 10.2 Å². The number of allylic oxidation sites excluding steroid dienone is 1. The number of carbonyl (C=O) groups is 2. The maximum atomic E-state index is 12.2. The molecule has 1 heterocycles. The van der Waals surface area contributed by atoms with Gasteiger partial charge in [-0.1, -0.05) is 33.3 Å². The number of rotatable bonds is 6. The second-order valence-electron chi connectivity index (χ2n) is 4.98. The molecule has 0 aliphatic carbocycles. The summed E-state index contributed by atoms with van der Waals surface area (Å²) in [7, 11) is 0. The van der Waals surface area contributed by atoms with E-state index >= 15 is 0 Å². The van der Waals surface area contributed by atoms with Gasteiger partial charge in [0.2, 0.25) is 4.80 Å². The number of ether oxygens (including phenoxy) is 1. The lowest BCUT2D eigenvalue weighted by Gasteiger charge is -2.04. The molecule has 1 aromatic carbocycles. The van der Waals surface area contributed by atoms with Crippen LogP contribution in [0.25, 0.3) is 0 Å². The van der Waals surface area contributed by atoms with Crippen LogP contribution in [0.1, 0.15) is 32.6 Å². The standard InChI is InChI=1S/C17H18BrN3O3S/c1-4-10-21-11(3)14(16(23)24-5-2)25-17(21)20-19-15(22)12-6-8-13(18)9-7-12/h4,6-9H,1,5,10H2,2-3H3,(H,19,22). The van der Waals surface area contributed by atoms with Crippen LogP contribution in [-0.4, -0.2) is 23.1 Å². The van der Waals surface area contributed by atoms with E-state index in [9.17, 15) is 9.59 Å². The molecule has 8 heteroatoms. The van der Waals surface area contributed by atoms with Gasteiger partial charge in [-0.05, 0) is 38.1 Å². The Balaban J connectivity index is 2.32. The highest BCUT2D eigenvalue weighted by molar-refractivity contribution is 9.10. The average molecular weight is 424 g/mol. The van der Waals surface area contributed by atoms with Crippen LogP contribution in [0, 0.1) is 6.92 Å². The molecule has 0 radical (unpaired) electrons. The summed E-state index contributed by atoms with van der Waals surface area (Å²) in [6, 6.07) is 6.94. The Morgan fingerprint density at radius 2 is 2.08 bits per heavy atom. The lowest BCUT2D eigenvalue weighted by atomic mass is 10.2. The minimum absolute atomic E-state index is 0.296. The predicted octanol–water partition coefficient (Wildman–Crippen LogP) is 3.23. The molecule has 1 amide bonds. The van der Waals surface area contributed by atoms with Crippen molar-refractivity contribution in [3.05, 3.63) is 62.3 Å². The molecule has 0 fully saturated rings. The third kappa shape index (κ3) is 4.67. The summed E-state index contributed by atoms with van der Waals surface area (Å²) < 4.78 is 7.74. The van der Waals surface area contributed by atoms with Crippen molar-refractivity contribution in [1.82, 2.24) is 9.99 Å². The Morgan fingerprint density at radius 3 is 2.68 bits per heavy atom. The van der Waals surface area contributed by atoms with Gasteiger partial charge < -0.3 is 9.30 Å². The molecule has 1 aromatic heterocycles. The first-order valence-electron chi connectivity index (χ1n) is 7.55. The van der Waals surface area contributed by atoms with Crippen LogP contribution in [-0.2, 0) is 11.3 Å². The topological polar surface area (TPSA) is 72.7 Å². The predicted molar refractivity (Wildman–Crippen MR) is 100 cm³/mol. The van der Waals surface area contributed by atoms with Crippen LogP contribution >= 0.6 is 27.3 Å². The maximum absolute atomic E-state index is 12.2. The Labute approximate surface area is 158 Å². The van der Waals surface area contributed by atoms with E-state index in [4.69, 9.17) is 4.74 Å². The minimum atomic E-state index is -0.400. The molecular formula is C17H18BrN3O3S. The number of nitrogens with one attached hydrogen (secondary N) is 1. The van der Waals surface area contributed by atoms with Gasteiger partial charge in [0.1, 0.15) is 4.88 Å². The monoisotopic (exact) mass is 423 g/mol. The summed E-state index contributed by atoms with van der Waals surface area (Å²) in [5, 5.41) is 4.16. The third-order valence-electron chi connectivity index (χ3n) is 3.29. The lowest BCUT2D eigenvalue weighted by Crippen LogP contribution is -2.24. The Hall–Kier alpha value is -2.19. The largest absolute Gasteiger partial charge is 0.462 e. The number of hydrogen-bond acceptors (Lipinski definition) is 5. The van der Waals surface area contributed by atoms with Crippen molar-refractivity contribution in [2.24, 2.45) is 5.10 Å². The van der Waals surface area contributed by atoms with Crippen molar-refractivity contribution in [2.45, 2.75) is 20.4 Å². The van der Waals surface area contributed by atoms with Gasteiger partial charge in [0.15, 0.2) is 0 Å². The first-order valence-corrected chi connectivity index (χ1v) is 9.16. The summed E-state index contributed by atoms with van der Waals surface area (Å²) in [6.45, 7) is 8.04. The summed E-state index contributed by atoms with van der Waals surface area (Å²) in [4.78, 5) is 25.2. The van der Waals surface area contributed by atoms with Crippen molar-refractivity contribution in [3.8, 4) is 0 Å². The summed E-state index contributed by atoms with van der Waals surface area (Å²) in [5.74, 6) is -0.732. The molecule has 0 saturated carbocycles. The van der Waals surface area contributed by atoms with Crippen molar-refractivity contribution >= 4 is 39.1 Å². The van der Waals surface area contributed by atoms with E-state index in [1.54, 1.807) is 41.8 Å². The second kappa shape index (κ2) is 8.77. The SMILES string of the molecule is C=CCn1c(C)c(C(=O)OCC)sc1=NNC(=O)c1ccc(Br)cc1. The van der Waals surface area contributed by atoms with Crippen LogP contribution in [0.5, 0.6) is 0 Å². The molecule has 2 rings (SSSR count). The molecule has 0 atom stereocenters. The van der Waals surface area contributed by atoms with Crippen molar-refractivity contribution in [2.75, 3.05) is 6.61 Å². The number of halogens is 1. The molecule has 6 nitrogen and oxygen atoms in total. The molecule has 0 saturated heterocycles. The quantitative estimate of drug-likeness (QED) is 0.440. The number of esters is 1. The summed E-state index contributed by atoms with van der Waals surface area (Å²) >= 11 is 4.49. The van der Waals surface area contributed by atoms with Crippen LogP contribution in [0.15, 0.2) is 46.5 Å². The number of nitrogens with zero attached hydrogens (tertiary/aromatic N) is 2. The maximum Gasteiger partial charge on any atom is 0.350 e. The van der Waals surface area contributed by atoms with Crippen molar-refractivity contribution in [3.63, 3.8) is 0 Å². The fourth-order valence-electron chi connectivity index (χ4n) is 2.06. The number of hydrogen-bond donors (Lipinski definition) is 1. The van der Waals surface area contributed by atoms with Gasteiger partial charge in [-0.3, -0.25) is 4.79 Å². The van der Waals surface area contributed by atoms with E-state index in [0.29, 0.717) is 28.4 Å². The fourth-order valence-corrected chi connectivity index (χ4v) is 3.32. The Bertz CT molecular complexity index is 853. The number of benzene rings is 1. The molecule has 0 bridgehead atoms. The molecule has 0 aliphatic rings. The highest BCUT2D eigenvalue weighted by atomic mass is 79.9. The number of carbonyl (C=O) groups excluding carboxylic acids is 2. The van der Waals surface area contributed by atoms with Gasteiger partial charge in [-0.2, -0.15) is 0 Å². The molecular weight excluding hydrogens is 406 g/mol. The summed E-state index contributed by atoms with van der Waals surface area (Å²) in [6.07, 6.45) is 1.70. The Morgan fingerprint density at radius 1 is 1.40 bits per heavy atom. The van der Waals surface area contributed by atoms with Gasteiger partial charge >= 0.3 is 5.97 Å². The molecule has 132 valence electrons. The van der Waals surface area contributed by atoms with E-state index in [2.05, 4.69) is 33.0 Å². The average Bonchev–Trinajstić information content (AvgIpc) is 2.90. The zero-order valence-corrected chi connectivity index (χ0v) is 16.3. The summed E-state index contributed by atoms with van der Waals surface area (Å²) in [5.41, 5.74) is 3.73. The van der Waals surface area contributed by atoms with Gasteiger partial charge in [-0.25, -0.2) is 10.2 Å². The van der Waals surface area contributed by atoms with Gasteiger partial charge in [0.05, 0.1) is 6.61 Å². The van der Waals surface area contributed by atoms with Gasteiger partial charge in [0.25, 0.3) is 5.91 Å². The minimum Gasteiger partial charge on any atom is -0.462 e. The first-order chi connectivity index (χ1) is 12.0. The fraction of sp³-hybridized carbons (Fsp3) is 0.235. The normalized spacial score (nSPS) is 11.2. The third-order valence-corrected chi connectivity index (χ3v) is 4.98. The van der Waals surface area contributed by atoms with Crippen molar-refractivity contribution < 1.29 is 14.3 Å². The molecule has 25 heavy (non-hydrogen) atoms. The van der Waals surface area contributed by atoms with E-state index < -0.39 is 5.97 Å². The van der Waals surface area contributed by atoms with Crippen molar-refractivity contribution in [1.29, 1.82) is 0 Å². The molecule has 0 spiro atoms. The zero-order valence-electron chi connectivity index (χ0n) is 13.9. The van der Waals surface area contributed by atoms with E-state index in [0.717, 1.165) is 10.2 Å². The molecule has 0 aliphatic heterocycles. The van der Waals surface area contributed by atoms with E-state index in [-0.39, 0.29) is 5.91 Å². The molecule has 2 aromatic rings. The second-order valence-corrected chi connectivity index (χ2v) is 6.87. The first kappa shape index (κ1) is 19.1. The van der Waals surface area contributed by atoms with E-state index in [1.165, 1.54) is 11.3 Å². The zero-order chi connectivity index (χ0) is 18.4. The number of amides is 1. The molecule has 1 N–H and O–H groups in total. The smallest absolute Gasteiger partial charge is 0.350 e. The number of aromatic nitrogens is 1. The lowest BCUT2D eigenvalue weighted by molar-refractivity contribution is 0.0530. The van der Waals surface area contributed by atoms with Crippen LogP contribution in [0.4, 0.5) is 0 Å². The molecule has 0 unspecified atom stereocenters. The van der Waals surface area contributed by atoms with Gasteiger partial charge in [-0.15, -0.1) is 11.7 Å². The highest BCUT2D eigenvalue weighted by Gasteiger charge is 2.17. The van der Waals surface area contributed by atoms with Gasteiger partial charge in [0, 0.05) is 22.3 Å². The highest BCUT2D eigenvalue weighted by Crippen LogP contribution is 2.14. The van der Waals surface area contributed by atoms with E-state index in [1.807, 2.05) is 6.92 Å². The Kier molecular flexibility index (Phi) is 6.72.